The predicted molar refractivity (Wildman–Crippen MR) is 92.0 cm³/mol. The molecule has 0 unspecified atom stereocenters. The van der Waals surface area contributed by atoms with Gasteiger partial charge in [-0.15, -0.1) is 0 Å². The van der Waals surface area contributed by atoms with Crippen LogP contribution in [0, 0.1) is 0 Å². The molecule has 0 bridgehead atoms. The van der Waals surface area contributed by atoms with Crippen LogP contribution in [0.15, 0.2) is 18.2 Å². The lowest BCUT2D eigenvalue weighted by molar-refractivity contribution is -0.133. The SMILES string of the molecule is COc1ccc(Cl)cc1NCC(=O)N(C)CC(=O)NC(C)(C)C. The lowest BCUT2D eigenvalue weighted by Gasteiger charge is -2.23. The zero-order valence-electron chi connectivity index (χ0n) is 14.2. The molecule has 0 aliphatic rings. The molecule has 2 N–H and O–H groups in total. The number of ether oxygens (including phenoxy) is 1. The third kappa shape index (κ3) is 6.78. The van der Waals surface area contributed by atoms with E-state index < -0.39 is 0 Å². The molecule has 0 saturated heterocycles. The lowest BCUT2D eigenvalue weighted by atomic mass is 10.1. The summed E-state index contributed by atoms with van der Waals surface area (Å²) < 4.78 is 5.20. The van der Waals surface area contributed by atoms with Crippen molar-refractivity contribution >= 4 is 29.1 Å². The van der Waals surface area contributed by atoms with Crippen LogP contribution < -0.4 is 15.4 Å². The summed E-state index contributed by atoms with van der Waals surface area (Å²) in [6.45, 7) is 5.71. The first-order valence-corrected chi connectivity index (χ1v) is 7.62. The van der Waals surface area contributed by atoms with E-state index >= 15 is 0 Å². The number of anilines is 1. The van der Waals surface area contributed by atoms with Crippen molar-refractivity contribution in [3.63, 3.8) is 0 Å². The van der Waals surface area contributed by atoms with Gasteiger partial charge in [0.2, 0.25) is 11.8 Å². The van der Waals surface area contributed by atoms with Gasteiger partial charge in [0.1, 0.15) is 5.75 Å². The normalized spacial score (nSPS) is 10.9. The second-order valence-electron chi connectivity index (χ2n) is 6.25. The van der Waals surface area contributed by atoms with Crippen molar-refractivity contribution in [2.24, 2.45) is 0 Å². The summed E-state index contributed by atoms with van der Waals surface area (Å²) in [6.07, 6.45) is 0. The Morgan fingerprint density at radius 3 is 2.52 bits per heavy atom. The van der Waals surface area contributed by atoms with E-state index in [1.54, 1.807) is 32.4 Å². The minimum absolute atomic E-state index is 0.00443. The highest BCUT2D eigenvalue weighted by atomic mass is 35.5. The van der Waals surface area contributed by atoms with Gasteiger partial charge in [-0.1, -0.05) is 11.6 Å². The van der Waals surface area contributed by atoms with Crippen molar-refractivity contribution in [1.29, 1.82) is 0 Å². The number of carbonyl (C=O) groups is 2. The molecular weight excluding hydrogens is 318 g/mol. The highest BCUT2D eigenvalue weighted by molar-refractivity contribution is 6.30. The van der Waals surface area contributed by atoms with Gasteiger partial charge in [-0.05, 0) is 39.0 Å². The van der Waals surface area contributed by atoms with Crippen LogP contribution in [-0.2, 0) is 9.59 Å². The van der Waals surface area contributed by atoms with Gasteiger partial charge in [0.15, 0.2) is 0 Å². The molecule has 2 amide bonds. The van der Waals surface area contributed by atoms with Crippen molar-refractivity contribution in [2.75, 3.05) is 32.6 Å². The molecule has 23 heavy (non-hydrogen) atoms. The van der Waals surface area contributed by atoms with Gasteiger partial charge in [0.05, 0.1) is 25.9 Å². The smallest absolute Gasteiger partial charge is 0.242 e. The third-order valence-electron chi connectivity index (χ3n) is 2.91. The fourth-order valence-corrected chi connectivity index (χ4v) is 2.06. The first-order valence-electron chi connectivity index (χ1n) is 7.25. The maximum Gasteiger partial charge on any atom is 0.242 e. The molecule has 128 valence electrons. The summed E-state index contributed by atoms with van der Waals surface area (Å²) in [6, 6.07) is 5.10. The maximum absolute atomic E-state index is 12.1. The number of likely N-dealkylation sites (N-methyl/N-ethyl adjacent to an activating group) is 1. The van der Waals surface area contributed by atoms with Gasteiger partial charge in [-0.3, -0.25) is 9.59 Å². The highest BCUT2D eigenvalue weighted by Gasteiger charge is 2.18. The molecule has 6 nitrogen and oxygen atoms in total. The summed E-state index contributed by atoms with van der Waals surface area (Å²) in [7, 11) is 3.13. The van der Waals surface area contributed by atoms with Gasteiger partial charge < -0.3 is 20.3 Å². The van der Waals surface area contributed by atoms with Gasteiger partial charge in [0, 0.05) is 17.6 Å². The lowest BCUT2D eigenvalue weighted by Crippen LogP contribution is -2.47. The van der Waals surface area contributed by atoms with E-state index in [4.69, 9.17) is 16.3 Å². The Morgan fingerprint density at radius 2 is 1.96 bits per heavy atom. The summed E-state index contributed by atoms with van der Waals surface area (Å²) in [4.78, 5) is 25.3. The standard InChI is InChI=1S/C16H24ClN3O3/c1-16(2,3)19-14(21)10-20(4)15(22)9-18-12-8-11(17)6-7-13(12)23-5/h6-8,18H,9-10H2,1-5H3,(H,19,21). The third-order valence-corrected chi connectivity index (χ3v) is 3.15. The fraction of sp³-hybridized carbons (Fsp3) is 0.500. The molecule has 0 heterocycles. The molecular formula is C16H24ClN3O3. The molecule has 0 spiro atoms. The quantitative estimate of drug-likeness (QED) is 0.831. The Hall–Kier alpha value is -1.95. The topological polar surface area (TPSA) is 70.7 Å². The van der Waals surface area contributed by atoms with Crippen LogP contribution in [0.1, 0.15) is 20.8 Å². The van der Waals surface area contributed by atoms with E-state index in [1.165, 1.54) is 4.90 Å². The summed E-state index contributed by atoms with van der Waals surface area (Å²) in [5.74, 6) is 0.181. The molecule has 7 heteroatoms. The number of methoxy groups -OCH3 is 1. The molecule has 0 atom stereocenters. The van der Waals surface area contributed by atoms with E-state index in [-0.39, 0.29) is 30.4 Å². The second kappa shape index (κ2) is 8.06. The van der Waals surface area contributed by atoms with Crippen molar-refractivity contribution in [3.8, 4) is 5.75 Å². The van der Waals surface area contributed by atoms with Crippen molar-refractivity contribution in [3.05, 3.63) is 23.2 Å². The molecule has 0 aliphatic heterocycles. The number of rotatable bonds is 6. The van der Waals surface area contributed by atoms with Crippen LogP contribution >= 0.6 is 11.6 Å². The number of hydrogen-bond donors (Lipinski definition) is 2. The highest BCUT2D eigenvalue weighted by Crippen LogP contribution is 2.27. The van der Waals surface area contributed by atoms with Crippen LogP contribution in [0.25, 0.3) is 0 Å². The second-order valence-corrected chi connectivity index (χ2v) is 6.68. The Labute approximate surface area is 142 Å². The first-order chi connectivity index (χ1) is 10.6. The molecule has 1 aromatic carbocycles. The summed E-state index contributed by atoms with van der Waals surface area (Å²) >= 11 is 5.94. The van der Waals surface area contributed by atoms with Gasteiger partial charge >= 0.3 is 0 Å². The number of nitrogens with one attached hydrogen (secondary N) is 2. The first kappa shape index (κ1) is 19.1. The monoisotopic (exact) mass is 341 g/mol. The summed E-state index contributed by atoms with van der Waals surface area (Å²) in [5.41, 5.74) is 0.300. The van der Waals surface area contributed by atoms with Crippen LogP contribution in [0.3, 0.4) is 0 Å². The van der Waals surface area contributed by atoms with Crippen LogP contribution in [0.5, 0.6) is 5.75 Å². The van der Waals surface area contributed by atoms with E-state index in [1.807, 2.05) is 20.8 Å². The number of hydrogen-bond acceptors (Lipinski definition) is 4. The molecule has 0 aliphatic carbocycles. The molecule has 0 fully saturated rings. The van der Waals surface area contributed by atoms with Crippen LogP contribution in [0.2, 0.25) is 5.02 Å². The van der Waals surface area contributed by atoms with Gasteiger partial charge in [-0.2, -0.15) is 0 Å². The average molecular weight is 342 g/mol. The van der Waals surface area contributed by atoms with Gasteiger partial charge in [-0.25, -0.2) is 0 Å². The van der Waals surface area contributed by atoms with E-state index in [2.05, 4.69) is 10.6 Å². The predicted octanol–water partition coefficient (Wildman–Crippen LogP) is 2.13. The van der Waals surface area contributed by atoms with Gasteiger partial charge in [0.25, 0.3) is 0 Å². The Balaban J connectivity index is 2.56. The Bertz CT molecular complexity index is 570. The maximum atomic E-state index is 12.1. The zero-order valence-corrected chi connectivity index (χ0v) is 15.0. The number of halogens is 1. The largest absolute Gasteiger partial charge is 0.495 e. The molecule has 1 rings (SSSR count). The minimum Gasteiger partial charge on any atom is -0.495 e. The number of benzene rings is 1. The van der Waals surface area contributed by atoms with Crippen molar-refractivity contribution in [2.45, 2.75) is 26.3 Å². The zero-order chi connectivity index (χ0) is 17.6. The van der Waals surface area contributed by atoms with Crippen LogP contribution in [-0.4, -0.2) is 49.5 Å². The molecule has 0 aromatic heterocycles. The fourth-order valence-electron chi connectivity index (χ4n) is 1.89. The van der Waals surface area contributed by atoms with Crippen molar-refractivity contribution in [1.82, 2.24) is 10.2 Å². The average Bonchev–Trinajstić information content (AvgIpc) is 2.42. The molecule has 0 radical (unpaired) electrons. The van der Waals surface area contributed by atoms with Crippen LogP contribution in [0.4, 0.5) is 5.69 Å². The van der Waals surface area contributed by atoms with E-state index in [0.29, 0.717) is 16.5 Å². The minimum atomic E-state index is -0.326. The van der Waals surface area contributed by atoms with E-state index in [0.717, 1.165) is 0 Å². The Morgan fingerprint density at radius 1 is 1.30 bits per heavy atom. The van der Waals surface area contributed by atoms with E-state index in [9.17, 15) is 9.59 Å². The molecule has 0 saturated carbocycles. The molecule has 1 aromatic rings. The number of amides is 2. The number of carbonyl (C=O) groups excluding carboxylic acids is 2. The number of nitrogens with zero attached hydrogens (tertiary/aromatic N) is 1. The Kier molecular flexibility index (Phi) is 6.69. The summed E-state index contributed by atoms with van der Waals surface area (Å²) in [5, 5.41) is 6.33. The van der Waals surface area contributed by atoms with Crippen molar-refractivity contribution < 1.29 is 14.3 Å².